The average molecular weight is 696 g/mol. The van der Waals surface area contributed by atoms with Gasteiger partial charge in [0.25, 0.3) is 11.7 Å². The third-order valence-electron chi connectivity index (χ3n) is 10.4. The van der Waals surface area contributed by atoms with Crippen molar-refractivity contribution in [3.63, 3.8) is 0 Å². The molecule has 2 aromatic rings. The molecule has 3 aliphatic heterocycles. The summed E-state index contributed by atoms with van der Waals surface area (Å²) < 4.78 is 23.4. The van der Waals surface area contributed by atoms with Crippen LogP contribution in [0.3, 0.4) is 0 Å². The Morgan fingerprint density at radius 3 is 2.22 bits per heavy atom. The number of carbonyl (C=O) groups excluding carboxylic acids is 3. The van der Waals surface area contributed by atoms with Crippen LogP contribution in [0, 0.1) is 36.5 Å². The van der Waals surface area contributed by atoms with E-state index in [1.165, 1.54) is 34.1 Å². The lowest BCUT2D eigenvalue weighted by atomic mass is 9.75. The number of esters is 1. The van der Waals surface area contributed by atoms with E-state index in [4.69, 9.17) is 18.9 Å². The number of nitrogens with one attached hydrogen (secondary N) is 1. The number of rotatable bonds is 2. The van der Waals surface area contributed by atoms with E-state index in [0.29, 0.717) is 0 Å². The molecule has 1 amide bonds. The number of methoxy groups -OCH3 is 1. The van der Waals surface area contributed by atoms with Crippen molar-refractivity contribution in [1.29, 1.82) is 0 Å². The smallest absolute Gasteiger partial charge is 0.312 e. The number of benzene rings is 2. The maximum absolute atomic E-state index is 13.9. The molecule has 0 unspecified atom stereocenters. The van der Waals surface area contributed by atoms with Crippen LogP contribution in [0.5, 0.6) is 23.0 Å². The summed E-state index contributed by atoms with van der Waals surface area (Å²) >= 11 is 0. The quantitative estimate of drug-likeness (QED) is 0.141. The third-order valence-corrected chi connectivity index (χ3v) is 10.4. The second-order valence-corrected chi connectivity index (χ2v) is 13.8. The van der Waals surface area contributed by atoms with Crippen molar-refractivity contribution in [1.82, 2.24) is 0 Å². The molecule has 0 aliphatic carbocycles. The Kier molecular flexibility index (Phi) is 11.3. The number of aliphatic hydroxyl groups excluding tert-OH is 1. The number of hydrogen-bond acceptors (Lipinski definition) is 11. The summed E-state index contributed by atoms with van der Waals surface area (Å²) in [4.78, 5) is 39.4. The molecule has 0 saturated heterocycles. The molecule has 0 saturated carbocycles. The maximum atomic E-state index is 13.9. The number of fused-ring (bicyclic) bond motifs is 14. The Balaban J connectivity index is 1.87. The minimum atomic E-state index is -1.95. The summed E-state index contributed by atoms with van der Waals surface area (Å²) in [5, 5.41) is 47.3. The number of aromatic hydroxyl groups is 3. The van der Waals surface area contributed by atoms with E-state index in [1.807, 2.05) is 40.7 Å². The molecule has 12 nitrogen and oxygen atoms in total. The number of hydrogen-bond donors (Lipinski definition) is 5. The highest BCUT2D eigenvalue weighted by molar-refractivity contribution is 6.21. The number of aliphatic hydroxyl groups is 1. The summed E-state index contributed by atoms with van der Waals surface area (Å²) in [6, 6.07) is 1.09. The molecular formula is C38H49NO11. The van der Waals surface area contributed by atoms with Gasteiger partial charge in [-0.25, -0.2) is 0 Å². The minimum Gasteiger partial charge on any atom is -0.507 e. The SMILES string of the molecule is CO[C@H]1/C=C/O[C@@]2(C)Oc3c(C)c(O)c4c(O)c(cc(O)c4c3C2=O)NC(=O)/C(C)=C\C=C\[C@@H](C)[C@@H](C)[C@@H](C)[C@H](O)[C@H](C)[C@H](OC(C)=O)[C@@H]1C. The number of ether oxygens (including phenoxy) is 4. The van der Waals surface area contributed by atoms with Crippen LogP contribution in [0.2, 0.25) is 0 Å². The minimum absolute atomic E-state index is 0.0265. The number of allylic oxidation sites excluding steroid dienone is 3. The van der Waals surface area contributed by atoms with Gasteiger partial charge in [-0.3, -0.25) is 14.4 Å². The van der Waals surface area contributed by atoms with E-state index in [-0.39, 0.29) is 56.7 Å². The van der Waals surface area contributed by atoms with Crippen molar-refractivity contribution >= 4 is 34.1 Å². The van der Waals surface area contributed by atoms with E-state index in [1.54, 1.807) is 25.2 Å². The fourth-order valence-electron chi connectivity index (χ4n) is 6.82. The van der Waals surface area contributed by atoms with Crippen LogP contribution in [-0.2, 0) is 23.8 Å². The van der Waals surface area contributed by atoms with Gasteiger partial charge in [0.15, 0.2) is 5.75 Å². The molecule has 2 aromatic carbocycles. The summed E-state index contributed by atoms with van der Waals surface area (Å²) in [5.41, 5.74) is 0.0696. The van der Waals surface area contributed by atoms with Crippen molar-refractivity contribution in [2.75, 3.05) is 12.4 Å². The molecule has 5 rings (SSSR count). The van der Waals surface area contributed by atoms with E-state index in [0.717, 1.165) is 6.07 Å². The van der Waals surface area contributed by atoms with E-state index in [2.05, 4.69) is 5.32 Å². The average Bonchev–Trinajstić information content (AvgIpc) is 3.33. The molecule has 5 bridgehead atoms. The van der Waals surface area contributed by atoms with Gasteiger partial charge in [-0.2, -0.15) is 0 Å². The van der Waals surface area contributed by atoms with Crippen molar-refractivity contribution in [2.24, 2.45) is 29.6 Å². The van der Waals surface area contributed by atoms with Crippen LogP contribution in [-0.4, -0.2) is 69.3 Å². The topological polar surface area (TPSA) is 181 Å². The fraction of sp³-hybridized carbons (Fsp3) is 0.500. The van der Waals surface area contributed by atoms with Crippen LogP contribution in [0.1, 0.15) is 71.3 Å². The first-order chi connectivity index (χ1) is 23.4. The number of phenols is 3. The van der Waals surface area contributed by atoms with Gasteiger partial charge in [-0.1, -0.05) is 52.8 Å². The third kappa shape index (κ3) is 7.04. The Labute approximate surface area is 292 Å². The highest BCUT2D eigenvalue weighted by Crippen LogP contribution is 2.53. The van der Waals surface area contributed by atoms with Gasteiger partial charge in [0, 0.05) is 55.4 Å². The van der Waals surface area contributed by atoms with Gasteiger partial charge in [-0.15, -0.1) is 0 Å². The lowest BCUT2D eigenvalue weighted by Gasteiger charge is -2.38. The van der Waals surface area contributed by atoms with E-state index >= 15 is 0 Å². The lowest BCUT2D eigenvalue weighted by molar-refractivity contribution is -0.159. The van der Waals surface area contributed by atoms with Gasteiger partial charge in [0.2, 0.25) is 0 Å². The second-order valence-electron chi connectivity index (χ2n) is 13.8. The zero-order chi connectivity index (χ0) is 37.4. The zero-order valence-electron chi connectivity index (χ0n) is 30.2. The molecule has 3 aliphatic rings. The van der Waals surface area contributed by atoms with Gasteiger partial charge in [-0.05, 0) is 37.7 Å². The number of anilines is 1. The second kappa shape index (κ2) is 14.7. The molecule has 0 spiro atoms. The number of ketones is 1. The van der Waals surface area contributed by atoms with Crippen molar-refractivity contribution in [2.45, 2.75) is 86.4 Å². The Morgan fingerprint density at radius 2 is 1.60 bits per heavy atom. The molecule has 9 atom stereocenters. The van der Waals surface area contributed by atoms with Crippen LogP contribution in [0.4, 0.5) is 5.69 Å². The van der Waals surface area contributed by atoms with Crippen LogP contribution in [0.15, 0.2) is 42.2 Å². The molecule has 3 heterocycles. The number of Topliss-reactive ketones (excluding diaryl/α,β-unsaturated/α-hetero) is 1. The molecule has 0 fully saturated rings. The van der Waals surface area contributed by atoms with Crippen molar-refractivity contribution in [3.05, 3.63) is 53.3 Å². The number of carbonyl (C=O) groups is 3. The van der Waals surface area contributed by atoms with Gasteiger partial charge < -0.3 is 44.7 Å². The number of amides is 1. The molecule has 0 radical (unpaired) electrons. The van der Waals surface area contributed by atoms with Crippen molar-refractivity contribution in [3.8, 4) is 23.0 Å². The first kappa shape index (κ1) is 38.3. The molecule has 272 valence electrons. The van der Waals surface area contributed by atoms with Crippen LogP contribution >= 0.6 is 0 Å². The van der Waals surface area contributed by atoms with Gasteiger partial charge in [0.05, 0.1) is 35.1 Å². The summed E-state index contributed by atoms with van der Waals surface area (Å²) in [7, 11) is 1.47. The summed E-state index contributed by atoms with van der Waals surface area (Å²) in [6.45, 7) is 15.3. The fourth-order valence-corrected chi connectivity index (χ4v) is 6.82. The predicted molar refractivity (Wildman–Crippen MR) is 187 cm³/mol. The monoisotopic (exact) mass is 695 g/mol. The predicted octanol–water partition coefficient (Wildman–Crippen LogP) is 6.03. The number of phenolic OH excluding ortho intramolecular Hbond substituents is 3. The van der Waals surface area contributed by atoms with Crippen molar-refractivity contribution < 1.29 is 53.8 Å². The summed E-state index contributed by atoms with van der Waals surface area (Å²) in [5.74, 6) is -6.60. The van der Waals surface area contributed by atoms with E-state index in [9.17, 15) is 34.8 Å². The van der Waals surface area contributed by atoms with Crippen LogP contribution < -0.4 is 10.1 Å². The molecule has 12 heteroatoms. The molecule has 0 aromatic heterocycles. The highest BCUT2D eigenvalue weighted by atomic mass is 16.7. The van der Waals surface area contributed by atoms with Crippen LogP contribution in [0.25, 0.3) is 10.8 Å². The van der Waals surface area contributed by atoms with Gasteiger partial charge in [0.1, 0.15) is 23.4 Å². The largest absolute Gasteiger partial charge is 0.507 e. The lowest BCUT2D eigenvalue weighted by Crippen LogP contribution is -2.45. The molecular weight excluding hydrogens is 646 g/mol. The Bertz CT molecular complexity index is 1760. The highest BCUT2D eigenvalue weighted by Gasteiger charge is 2.49. The van der Waals surface area contributed by atoms with Gasteiger partial charge >= 0.3 is 11.8 Å². The first-order valence-electron chi connectivity index (χ1n) is 16.7. The zero-order valence-corrected chi connectivity index (χ0v) is 30.2. The Morgan fingerprint density at radius 1 is 0.940 bits per heavy atom. The maximum Gasteiger partial charge on any atom is 0.312 e. The summed E-state index contributed by atoms with van der Waals surface area (Å²) in [6.07, 6.45) is 5.68. The van der Waals surface area contributed by atoms with E-state index < -0.39 is 70.8 Å². The normalized spacial score (nSPS) is 33.2. The molecule has 5 N–H and O–H groups in total. The Hall–Kier alpha value is -4.55. The molecule has 50 heavy (non-hydrogen) atoms. The standard InChI is InChI=1S/C38H49NO11/c1-17-12-11-13-18(2)37(46)39-25-16-26(41)28-29(33(25)44)32(43)23(7)35-30(28)36(45)38(9,50-35)48-15-14-27(47-10)21(5)34(49-24(8)40)22(6)31(42)20(4)19(17)3/h11-17,19-22,27,31,34,41-44H,1-10H3,(H,39,46)/b12-11+,15-14+,18-13-/t17-,19-,20-,21-,22+,27+,31+,34-,38+/m1/s1. The first-order valence-corrected chi connectivity index (χ1v) is 16.7.